The van der Waals surface area contributed by atoms with Gasteiger partial charge in [0, 0.05) is 20.1 Å². The Labute approximate surface area is 129 Å². The van der Waals surface area contributed by atoms with Crippen LogP contribution in [0.2, 0.25) is 0 Å². The van der Waals surface area contributed by atoms with Crippen molar-refractivity contribution >= 4 is 10.0 Å². The molecule has 4 nitrogen and oxygen atoms in total. The van der Waals surface area contributed by atoms with Crippen molar-refractivity contribution in [2.75, 3.05) is 20.1 Å². The fourth-order valence-corrected chi connectivity index (χ4v) is 3.28. The molecule has 0 spiro atoms. The van der Waals surface area contributed by atoms with E-state index in [1.54, 1.807) is 19.2 Å². The van der Waals surface area contributed by atoms with Crippen LogP contribution in [0, 0.1) is 0 Å². The third-order valence-electron chi connectivity index (χ3n) is 3.46. The Kier molecular flexibility index (Phi) is 7.93. The second-order valence-electron chi connectivity index (χ2n) is 5.35. The van der Waals surface area contributed by atoms with E-state index in [0.717, 1.165) is 44.3 Å². The van der Waals surface area contributed by atoms with Crippen LogP contribution >= 0.6 is 0 Å². The summed E-state index contributed by atoms with van der Waals surface area (Å²) < 4.78 is 26.3. The van der Waals surface area contributed by atoms with E-state index in [1.165, 1.54) is 4.31 Å². The molecule has 0 saturated heterocycles. The Morgan fingerprint density at radius 2 is 1.71 bits per heavy atom. The molecule has 0 radical (unpaired) electrons. The average molecular weight is 312 g/mol. The second kappa shape index (κ2) is 9.18. The highest BCUT2D eigenvalue weighted by molar-refractivity contribution is 7.89. The van der Waals surface area contributed by atoms with E-state index in [0.29, 0.717) is 11.4 Å². The Morgan fingerprint density at radius 1 is 1.05 bits per heavy atom. The van der Waals surface area contributed by atoms with Crippen molar-refractivity contribution in [3.63, 3.8) is 0 Å². The van der Waals surface area contributed by atoms with Gasteiger partial charge in [-0.2, -0.15) is 0 Å². The maximum atomic E-state index is 12.4. The lowest BCUT2D eigenvalue weighted by molar-refractivity contribution is 0.454. The molecule has 0 unspecified atom stereocenters. The Balaban J connectivity index is 2.66. The van der Waals surface area contributed by atoms with Gasteiger partial charge in [-0.15, -0.1) is 0 Å². The number of nitrogens with one attached hydrogen (secondary N) is 1. The topological polar surface area (TPSA) is 49.4 Å². The molecule has 0 saturated carbocycles. The Hall–Kier alpha value is -0.910. The van der Waals surface area contributed by atoms with E-state index in [-0.39, 0.29) is 0 Å². The fraction of sp³-hybridized carbons (Fsp3) is 0.625. The number of hydrogen-bond acceptors (Lipinski definition) is 3. The number of benzene rings is 1. The van der Waals surface area contributed by atoms with Gasteiger partial charge in [-0.3, -0.25) is 0 Å². The zero-order valence-electron chi connectivity index (χ0n) is 13.4. The molecule has 5 heteroatoms. The molecule has 1 rings (SSSR count). The quantitative estimate of drug-likeness (QED) is 0.676. The normalized spacial score (nSPS) is 12.0. The molecule has 0 aliphatic heterocycles. The van der Waals surface area contributed by atoms with Crippen LogP contribution in [0.4, 0.5) is 0 Å². The first-order chi connectivity index (χ1) is 10.0. The van der Waals surface area contributed by atoms with Crippen LogP contribution in [0.3, 0.4) is 0 Å². The standard InChI is InChI=1S/C16H28N2O2S/c1-4-6-7-13-18(3)21(19,20)16-10-8-15(9-11-16)14-17-12-5-2/h8-11,17H,4-7,12-14H2,1-3H3. The van der Waals surface area contributed by atoms with Gasteiger partial charge in [0.25, 0.3) is 0 Å². The minimum atomic E-state index is -3.35. The number of rotatable bonds is 10. The molecule has 1 aromatic rings. The van der Waals surface area contributed by atoms with Gasteiger partial charge in [0.1, 0.15) is 0 Å². The number of nitrogens with zero attached hydrogens (tertiary/aromatic N) is 1. The zero-order valence-corrected chi connectivity index (χ0v) is 14.2. The molecule has 1 N–H and O–H groups in total. The smallest absolute Gasteiger partial charge is 0.242 e. The average Bonchev–Trinajstić information content (AvgIpc) is 2.48. The van der Waals surface area contributed by atoms with Crippen LogP contribution in [0.15, 0.2) is 29.2 Å². The van der Waals surface area contributed by atoms with Gasteiger partial charge in [-0.05, 0) is 37.1 Å². The Morgan fingerprint density at radius 3 is 2.29 bits per heavy atom. The third kappa shape index (κ3) is 5.77. The predicted molar refractivity (Wildman–Crippen MR) is 87.8 cm³/mol. The highest BCUT2D eigenvalue weighted by Crippen LogP contribution is 2.16. The van der Waals surface area contributed by atoms with Gasteiger partial charge < -0.3 is 5.32 Å². The van der Waals surface area contributed by atoms with Gasteiger partial charge in [0.2, 0.25) is 10.0 Å². The number of hydrogen-bond donors (Lipinski definition) is 1. The molecule has 0 amide bonds. The fourth-order valence-electron chi connectivity index (χ4n) is 2.07. The van der Waals surface area contributed by atoms with Crippen molar-refractivity contribution in [3.8, 4) is 0 Å². The van der Waals surface area contributed by atoms with Crippen molar-refractivity contribution in [2.24, 2.45) is 0 Å². The van der Waals surface area contributed by atoms with Crippen molar-refractivity contribution in [2.45, 2.75) is 51.0 Å². The lowest BCUT2D eigenvalue weighted by Crippen LogP contribution is -2.28. The monoisotopic (exact) mass is 312 g/mol. The molecule has 1 aromatic carbocycles. The van der Waals surface area contributed by atoms with E-state index in [2.05, 4.69) is 19.2 Å². The minimum Gasteiger partial charge on any atom is -0.313 e. The summed E-state index contributed by atoms with van der Waals surface area (Å²) in [7, 11) is -1.69. The molecule has 0 aliphatic rings. The summed E-state index contributed by atoms with van der Waals surface area (Å²) in [5, 5.41) is 3.31. The van der Waals surface area contributed by atoms with Crippen LogP contribution in [0.5, 0.6) is 0 Å². The van der Waals surface area contributed by atoms with Crippen LogP contribution in [-0.4, -0.2) is 32.9 Å². The first-order valence-corrected chi connectivity index (χ1v) is 9.22. The van der Waals surface area contributed by atoms with Crippen LogP contribution in [-0.2, 0) is 16.6 Å². The predicted octanol–water partition coefficient (Wildman–Crippen LogP) is 3.00. The summed E-state index contributed by atoms with van der Waals surface area (Å²) in [6.07, 6.45) is 4.15. The van der Waals surface area contributed by atoms with Crippen molar-refractivity contribution < 1.29 is 8.42 Å². The SMILES string of the molecule is CCCCCN(C)S(=O)(=O)c1ccc(CNCCC)cc1. The summed E-state index contributed by atoms with van der Waals surface area (Å²) in [6.45, 7) is 6.56. The van der Waals surface area contributed by atoms with Gasteiger partial charge in [-0.25, -0.2) is 12.7 Å². The zero-order chi connectivity index (χ0) is 15.7. The summed E-state index contributed by atoms with van der Waals surface area (Å²) in [6, 6.07) is 7.17. The summed E-state index contributed by atoms with van der Waals surface area (Å²) in [5.41, 5.74) is 1.11. The van der Waals surface area contributed by atoms with Crippen LogP contribution in [0.25, 0.3) is 0 Å². The van der Waals surface area contributed by atoms with Gasteiger partial charge in [-0.1, -0.05) is 38.8 Å². The molecule has 120 valence electrons. The summed E-state index contributed by atoms with van der Waals surface area (Å²) in [5.74, 6) is 0. The molecule has 0 aliphatic carbocycles. The lowest BCUT2D eigenvalue weighted by atomic mass is 10.2. The molecule has 0 heterocycles. The van der Waals surface area contributed by atoms with E-state index in [4.69, 9.17) is 0 Å². The number of unbranched alkanes of at least 4 members (excludes halogenated alkanes) is 2. The molecule has 0 atom stereocenters. The molecule has 0 aromatic heterocycles. The largest absolute Gasteiger partial charge is 0.313 e. The molecular weight excluding hydrogens is 284 g/mol. The molecule has 21 heavy (non-hydrogen) atoms. The maximum absolute atomic E-state index is 12.4. The highest BCUT2D eigenvalue weighted by Gasteiger charge is 2.19. The van der Waals surface area contributed by atoms with Gasteiger partial charge >= 0.3 is 0 Å². The van der Waals surface area contributed by atoms with E-state index in [1.807, 2.05) is 12.1 Å². The maximum Gasteiger partial charge on any atom is 0.242 e. The Bertz CT molecular complexity index is 498. The molecular formula is C16H28N2O2S. The van der Waals surface area contributed by atoms with Crippen LogP contribution in [0.1, 0.15) is 45.1 Å². The highest BCUT2D eigenvalue weighted by atomic mass is 32.2. The first-order valence-electron chi connectivity index (χ1n) is 7.78. The second-order valence-corrected chi connectivity index (χ2v) is 7.40. The third-order valence-corrected chi connectivity index (χ3v) is 5.34. The lowest BCUT2D eigenvalue weighted by Gasteiger charge is -2.17. The first kappa shape index (κ1) is 18.1. The van der Waals surface area contributed by atoms with E-state index < -0.39 is 10.0 Å². The summed E-state index contributed by atoms with van der Waals surface area (Å²) in [4.78, 5) is 0.376. The van der Waals surface area contributed by atoms with Crippen molar-refractivity contribution in [3.05, 3.63) is 29.8 Å². The number of sulfonamides is 1. The molecule has 0 fully saturated rings. The van der Waals surface area contributed by atoms with Crippen molar-refractivity contribution in [1.29, 1.82) is 0 Å². The molecule has 0 bridgehead atoms. The van der Waals surface area contributed by atoms with E-state index >= 15 is 0 Å². The summed E-state index contributed by atoms with van der Waals surface area (Å²) >= 11 is 0. The van der Waals surface area contributed by atoms with Gasteiger partial charge in [0.05, 0.1) is 4.90 Å². The van der Waals surface area contributed by atoms with Gasteiger partial charge in [0.15, 0.2) is 0 Å². The van der Waals surface area contributed by atoms with E-state index in [9.17, 15) is 8.42 Å². The van der Waals surface area contributed by atoms with Crippen molar-refractivity contribution in [1.82, 2.24) is 9.62 Å². The van der Waals surface area contributed by atoms with Crippen LogP contribution < -0.4 is 5.32 Å². The minimum absolute atomic E-state index is 0.376.